The SMILES string of the molecule is CC1(C(=O)Nc2ccc([N+](=O)[O-])c(C(F)(F)F)c2)CC(C(F)(F)C(F)(F)F)N=N1. The molecule has 1 heterocycles. The molecule has 7 nitrogen and oxygen atoms in total. The van der Waals surface area contributed by atoms with Crippen molar-refractivity contribution in [1.82, 2.24) is 0 Å². The lowest BCUT2D eigenvalue weighted by molar-refractivity contribution is -0.388. The third-order valence-corrected chi connectivity index (χ3v) is 4.05. The molecule has 0 aromatic heterocycles. The van der Waals surface area contributed by atoms with Gasteiger partial charge in [-0.15, -0.1) is 0 Å². The van der Waals surface area contributed by atoms with E-state index >= 15 is 0 Å². The van der Waals surface area contributed by atoms with Gasteiger partial charge >= 0.3 is 18.3 Å². The van der Waals surface area contributed by atoms with Crippen LogP contribution in [-0.2, 0) is 11.0 Å². The second kappa shape index (κ2) is 6.88. The quantitative estimate of drug-likeness (QED) is 0.421. The summed E-state index contributed by atoms with van der Waals surface area (Å²) in [6.45, 7) is 0.869. The lowest BCUT2D eigenvalue weighted by Gasteiger charge is -2.25. The fourth-order valence-corrected chi connectivity index (χ4v) is 2.45. The number of nitrogens with one attached hydrogen (secondary N) is 1. The molecule has 0 saturated heterocycles. The monoisotopic (exact) mass is 434 g/mol. The molecule has 1 amide bonds. The number of amides is 1. The van der Waals surface area contributed by atoms with E-state index in [1.54, 1.807) is 0 Å². The van der Waals surface area contributed by atoms with E-state index in [1.165, 1.54) is 0 Å². The van der Waals surface area contributed by atoms with Gasteiger partial charge in [0.25, 0.3) is 11.6 Å². The number of hydrogen-bond donors (Lipinski definition) is 1. The zero-order chi connectivity index (χ0) is 22.4. The Bertz CT molecular complexity index is 867. The first-order valence-corrected chi connectivity index (χ1v) is 7.53. The van der Waals surface area contributed by atoms with E-state index in [0.717, 1.165) is 13.0 Å². The first kappa shape index (κ1) is 22.4. The molecule has 160 valence electrons. The van der Waals surface area contributed by atoms with Gasteiger partial charge in [0, 0.05) is 18.2 Å². The van der Waals surface area contributed by atoms with Crippen LogP contribution in [0.15, 0.2) is 28.4 Å². The summed E-state index contributed by atoms with van der Waals surface area (Å²) in [5, 5.41) is 18.5. The molecule has 2 atom stereocenters. The summed E-state index contributed by atoms with van der Waals surface area (Å²) < 4.78 is 103. The highest BCUT2D eigenvalue weighted by atomic mass is 19.4. The lowest BCUT2D eigenvalue weighted by atomic mass is 9.91. The Hall–Kier alpha value is -2.87. The van der Waals surface area contributed by atoms with E-state index < -0.39 is 64.0 Å². The highest BCUT2D eigenvalue weighted by Gasteiger charge is 2.65. The third kappa shape index (κ3) is 4.27. The molecule has 0 bridgehead atoms. The molecule has 1 aromatic rings. The van der Waals surface area contributed by atoms with E-state index in [2.05, 4.69) is 10.2 Å². The van der Waals surface area contributed by atoms with Crippen LogP contribution in [0.4, 0.5) is 46.5 Å². The Balaban J connectivity index is 2.25. The summed E-state index contributed by atoms with van der Waals surface area (Å²) in [5.74, 6) is -6.59. The molecule has 15 heteroatoms. The number of nitrogens with zero attached hydrogens (tertiary/aromatic N) is 3. The predicted octanol–water partition coefficient (Wildman–Crippen LogP) is 4.73. The van der Waals surface area contributed by atoms with Crippen LogP contribution in [0, 0.1) is 10.1 Å². The molecule has 1 N–H and O–H groups in total. The zero-order valence-electron chi connectivity index (χ0n) is 14.1. The molecule has 29 heavy (non-hydrogen) atoms. The van der Waals surface area contributed by atoms with Crippen LogP contribution in [0.5, 0.6) is 0 Å². The molecule has 2 rings (SSSR count). The van der Waals surface area contributed by atoms with Crippen LogP contribution in [-0.4, -0.2) is 34.5 Å². The number of azo groups is 1. The summed E-state index contributed by atoms with van der Waals surface area (Å²) in [7, 11) is 0. The van der Waals surface area contributed by atoms with Gasteiger partial charge in [-0.25, -0.2) is 0 Å². The van der Waals surface area contributed by atoms with Crippen molar-refractivity contribution in [3.8, 4) is 0 Å². The topological polar surface area (TPSA) is 97.0 Å². The highest BCUT2D eigenvalue weighted by molar-refractivity contribution is 5.98. The van der Waals surface area contributed by atoms with Crippen molar-refractivity contribution in [3.63, 3.8) is 0 Å². The van der Waals surface area contributed by atoms with Gasteiger partial charge in [0.05, 0.1) is 4.92 Å². The van der Waals surface area contributed by atoms with Gasteiger partial charge in [0.15, 0.2) is 5.54 Å². The van der Waals surface area contributed by atoms with Crippen LogP contribution < -0.4 is 5.32 Å². The van der Waals surface area contributed by atoms with Crippen molar-refractivity contribution >= 4 is 17.3 Å². The van der Waals surface area contributed by atoms with Crippen molar-refractivity contribution in [1.29, 1.82) is 0 Å². The fourth-order valence-electron chi connectivity index (χ4n) is 2.45. The molecule has 1 aliphatic rings. The first-order chi connectivity index (χ1) is 13.0. The second-order valence-electron chi connectivity index (χ2n) is 6.27. The average molecular weight is 434 g/mol. The molecule has 0 spiro atoms. The summed E-state index contributed by atoms with van der Waals surface area (Å²) in [6, 6.07) is -1.27. The van der Waals surface area contributed by atoms with Gasteiger partial charge in [0.2, 0.25) is 0 Å². The number of anilines is 1. The van der Waals surface area contributed by atoms with Crippen LogP contribution in [0.25, 0.3) is 0 Å². The van der Waals surface area contributed by atoms with E-state index in [-0.39, 0.29) is 6.07 Å². The standard InChI is InChI=1S/C14H10F8N4O3/c1-11(5-9(24-25-11)12(15,16)14(20,21)22)10(27)23-6-2-3-8(26(28)29)7(4-6)13(17,18)19/h2-4,9H,5H2,1H3,(H,23,27). The van der Waals surface area contributed by atoms with Crippen LogP contribution >= 0.6 is 0 Å². The van der Waals surface area contributed by atoms with E-state index in [1.807, 2.05) is 5.32 Å². The molecular weight excluding hydrogens is 424 g/mol. The number of carbonyl (C=O) groups is 1. The minimum Gasteiger partial charge on any atom is -0.324 e. The Labute approximate surface area is 155 Å². The summed E-state index contributed by atoms with van der Waals surface area (Å²) >= 11 is 0. The van der Waals surface area contributed by atoms with Crippen molar-refractivity contribution in [2.45, 2.75) is 43.2 Å². The second-order valence-corrected chi connectivity index (χ2v) is 6.27. The number of nitro groups is 1. The largest absolute Gasteiger partial charge is 0.455 e. The van der Waals surface area contributed by atoms with E-state index in [9.17, 15) is 50.0 Å². The molecule has 0 fully saturated rings. The minimum absolute atomic E-state index is 0.229. The molecule has 0 aliphatic carbocycles. The number of halogens is 8. The van der Waals surface area contributed by atoms with E-state index in [0.29, 0.717) is 6.07 Å². The number of alkyl halides is 8. The normalized spacial score (nSPS) is 22.6. The Morgan fingerprint density at radius 1 is 1.21 bits per heavy atom. The molecule has 0 saturated carbocycles. The maximum Gasteiger partial charge on any atom is 0.455 e. The number of hydrogen-bond acceptors (Lipinski definition) is 5. The van der Waals surface area contributed by atoms with Gasteiger partial charge in [-0.05, 0) is 19.1 Å². The number of benzene rings is 1. The third-order valence-electron chi connectivity index (χ3n) is 4.05. The van der Waals surface area contributed by atoms with Gasteiger partial charge in [-0.1, -0.05) is 0 Å². The van der Waals surface area contributed by atoms with Crippen molar-refractivity contribution in [2.24, 2.45) is 10.2 Å². The lowest BCUT2D eigenvalue weighted by Crippen LogP contribution is -2.48. The number of carbonyl (C=O) groups excluding carboxylic acids is 1. The minimum atomic E-state index is -5.95. The number of nitro benzene ring substituents is 1. The molecule has 0 radical (unpaired) electrons. The first-order valence-electron chi connectivity index (χ1n) is 7.53. The van der Waals surface area contributed by atoms with Crippen molar-refractivity contribution < 1.29 is 44.8 Å². The van der Waals surface area contributed by atoms with Gasteiger partial charge in [-0.3, -0.25) is 14.9 Å². The summed E-state index contributed by atoms with van der Waals surface area (Å²) in [6.07, 6.45) is -12.3. The van der Waals surface area contributed by atoms with Crippen LogP contribution in [0.3, 0.4) is 0 Å². The summed E-state index contributed by atoms with van der Waals surface area (Å²) in [4.78, 5) is 21.6. The maximum atomic E-state index is 13.4. The predicted molar refractivity (Wildman–Crippen MR) is 79.4 cm³/mol. The Morgan fingerprint density at radius 2 is 1.79 bits per heavy atom. The van der Waals surface area contributed by atoms with Crippen LogP contribution in [0.1, 0.15) is 18.9 Å². The molecule has 1 aromatic carbocycles. The summed E-state index contributed by atoms with van der Waals surface area (Å²) in [5.41, 5.74) is -5.82. The molecular formula is C14H10F8N4O3. The van der Waals surface area contributed by atoms with Gasteiger partial charge in [0.1, 0.15) is 11.6 Å². The Kier molecular flexibility index (Phi) is 5.32. The van der Waals surface area contributed by atoms with E-state index in [4.69, 9.17) is 0 Å². The van der Waals surface area contributed by atoms with Crippen molar-refractivity contribution in [3.05, 3.63) is 33.9 Å². The highest BCUT2D eigenvalue weighted by Crippen LogP contribution is 2.45. The van der Waals surface area contributed by atoms with Gasteiger partial charge in [-0.2, -0.15) is 45.4 Å². The van der Waals surface area contributed by atoms with Crippen LogP contribution in [0.2, 0.25) is 0 Å². The average Bonchev–Trinajstić information content (AvgIpc) is 2.97. The number of rotatable bonds is 4. The van der Waals surface area contributed by atoms with Crippen molar-refractivity contribution in [2.75, 3.05) is 5.32 Å². The zero-order valence-corrected chi connectivity index (χ0v) is 14.1. The maximum absolute atomic E-state index is 13.4. The van der Waals surface area contributed by atoms with Gasteiger partial charge < -0.3 is 5.32 Å². The molecule has 1 aliphatic heterocycles. The Morgan fingerprint density at radius 3 is 2.28 bits per heavy atom. The fraction of sp³-hybridized carbons (Fsp3) is 0.500. The smallest absolute Gasteiger partial charge is 0.324 e. The molecule has 2 unspecified atom stereocenters.